The van der Waals surface area contributed by atoms with Gasteiger partial charge in [-0.1, -0.05) is 0 Å². The highest BCUT2D eigenvalue weighted by Crippen LogP contribution is 2.34. The van der Waals surface area contributed by atoms with Crippen LogP contribution in [0.2, 0.25) is 0 Å². The Labute approximate surface area is 114 Å². The summed E-state index contributed by atoms with van der Waals surface area (Å²) in [6.07, 6.45) is 0. The van der Waals surface area contributed by atoms with E-state index in [1.165, 1.54) is 38.7 Å². The molecule has 0 aliphatic heterocycles. The first-order valence-electron chi connectivity index (χ1n) is 6.75. The molecule has 19 heavy (non-hydrogen) atoms. The van der Waals surface area contributed by atoms with Crippen LogP contribution in [0.1, 0.15) is 28.1 Å². The van der Waals surface area contributed by atoms with Crippen LogP contribution in [0.25, 0.3) is 21.8 Å². The number of aromatic nitrogens is 2. The van der Waals surface area contributed by atoms with E-state index < -0.39 is 0 Å². The number of benzene rings is 1. The lowest BCUT2D eigenvalue weighted by Crippen LogP contribution is -1.93. The SMILES string of the molecule is Cc1cc(C)c2c(n1)c(C)cc1c2c(C)c(C)n1C. The van der Waals surface area contributed by atoms with Crippen LogP contribution in [-0.4, -0.2) is 9.55 Å². The monoisotopic (exact) mass is 252 g/mol. The molecule has 0 unspecified atom stereocenters. The lowest BCUT2D eigenvalue weighted by Gasteiger charge is -2.09. The van der Waals surface area contributed by atoms with Crippen LogP contribution < -0.4 is 0 Å². The van der Waals surface area contributed by atoms with Gasteiger partial charge in [-0.3, -0.25) is 4.98 Å². The van der Waals surface area contributed by atoms with E-state index in [2.05, 4.69) is 58.4 Å². The van der Waals surface area contributed by atoms with E-state index in [0.29, 0.717) is 0 Å². The molecule has 2 aromatic heterocycles. The molecule has 3 rings (SSSR count). The van der Waals surface area contributed by atoms with E-state index in [-0.39, 0.29) is 0 Å². The lowest BCUT2D eigenvalue weighted by atomic mass is 9.99. The number of fused-ring (bicyclic) bond motifs is 3. The standard InChI is InChI=1S/C17H20N2/c1-9-7-11(3)18-17-10(2)8-14-16(15(9)17)12(4)13(5)19(14)6/h7-8H,1-6H3. The molecule has 0 aliphatic carbocycles. The Hall–Kier alpha value is -1.83. The Morgan fingerprint density at radius 2 is 1.58 bits per heavy atom. The fourth-order valence-electron chi connectivity index (χ4n) is 3.17. The molecule has 0 bridgehead atoms. The van der Waals surface area contributed by atoms with Gasteiger partial charge in [0.15, 0.2) is 0 Å². The van der Waals surface area contributed by atoms with Crippen molar-refractivity contribution in [1.29, 1.82) is 0 Å². The van der Waals surface area contributed by atoms with Gasteiger partial charge in [0.2, 0.25) is 0 Å². The summed E-state index contributed by atoms with van der Waals surface area (Å²) in [5.41, 5.74) is 8.85. The molecular weight excluding hydrogens is 232 g/mol. The lowest BCUT2D eigenvalue weighted by molar-refractivity contribution is 0.910. The zero-order valence-electron chi connectivity index (χ0n) is 12.5. The average molecular weight is 252 g/mol. The molecule has 0 fully saturated rings. The van der Waals surface area contributed by atoms with E-state index in [9.17, 15) is 0 Å². The number of hydrogen-bond acceptors (Lipinski definition) is 1. The molecule has 1 aromatic carbocycles. The van der Waals surface area contributed by atoms with Crippen LogP contribution in [0.5, 0.6) is 0 Å². The average Bonchev–Trinajstić information content (AvgIpc) is 2.55. The largest absolute Gasteiger partial charge is 0.348 e. The highest BCUT2D eigenvalue weighted by atomic mass is 14.9. The summed E-state index contributed by atoms with van der Waals surface area (Å²) < 4.78 is 2.29. The summed E-state index contributed by atoms with van der Waals surface area (Å²) in [7, 11) is 2.15. The summed E-state index contributed by atoms with van der Waals surface area (Å²) >= 11 is 0. The number of aryl methyl sites for hydroxylation is 5. The molecular formula is C17H20N2. The van der Waals surface area contributed by atoms with Crippen molar-refractivity contribution in [2.75, 3.05) is 0 Å². The van der Waals surface area contributed by atoms with E-state index >= 15 is 0 Å². The fraction of sp³-hybridized carbons (Fsp3) is 0.353. The molecule has 0 saturated carbocycles. The minimum Gasteiger partial charge on any atom is -0.348 e. The smallest absolute Gasteiger partial charge is 0.0744 e. The molecule has 2 heterocycles. The van der Waals surface area contributed by atoms with E-state index in [1.54, 1.807) is 0 Å². The second-order valence-electron chi connectivity index (χ2n) is 5.66. The first-order valence-corrected chi connectivity index (χ1v) is 6.75. The molecule has 0 radical (unpaired) electrons. The Kier molecular flexibility index (Phi) is 2.46. The Balaban J connectivity index is 2.70. The highest BCUT2D eigenvalue weighted by Gasteiger charge is 2.15. The maximum atomic E-state index is 4.76. The van der Waals surface area contributed by atoms with Crippen LogP contribution in [0.4, 0.5) is 0 Å². The topological polar surface area (TPSA) is 17.8 Å². The van der Waals surface area contributed by atoms with E-state index in [1.807, 2.05) is 0 Å². The van der Waals surface area contributed by atoms with Crippen LogP contribution in [0, 0.1) is 34.6 Å². The van der Waals surface area contributed by atoms with E-state index in [0.717, 1.165) is 11.2 Å². The summed E-state index contributed by atoms with van der Waals surface area (Å²) in [6, 6.07) is 4.45. The summed E-state index contributed by atoms with van der Waals surface area (Å²) in [6.45, 7) is 10.8. The van der Waals surface area contributed by atoms with Crippen molar-refractivity contribution in [3.05, 3.63) is 40.2 Å². The van der Waals surface area contributed by atoms with Crippen molar-refractivity contribution in [3.8, 4) is 0 Å². The molecule has 2 nitrogen and oxygen atoms in total. The number of hydrogen-bond donors (Lipinski definition) is 0. The van der Waals surface area contributed by atoms with Crippen molar-refractivity contribution in [3.63, 3.8) is 0 Å². The van der Waals surface area contributed by atoms with Gasteiger partial charge < -0.3 is 4.57 Å². The van der Waals surface area contributed by atoms with Gasteiger partial charge in [-0.25, -0.2) is 0 Å². The molecule has 0 aliphatic rings. The number of rotatable bonds is 0. The third-order valence-electron chi connectivity index (χ3n) is 4.36. The second kappa shape index (κ2) is 3.83. The summed E-state index contributed by atoms with van der Waals surface area (Å²) in [5, 5.41) is 2.69. The first kappa shape index (κ1) is 12.2. The number of pyridine rings is 1. The zero-order valence-corrected chi connectivity index (χ0v) is 12.5. The van der Waals surface area contributed by atoms with Gasteiger partial charge in [0.1, 0.15) is 0 Å². The van der Waals surface area contributed by atoms with Gasteiger partial charge in [0, 0.05) is 34.7 Å². The predicted molar refractivity (Wildman–Crippen MR) is 81.9 cm³/mol. The Bertz CT molecular complexity index is 823. The molecule has 3 aromatic rings. The summed E-state index contributed by atoms with van der Waals surface area (Å²) in [4.78, 5) is 4.76. The zero-order chi connectivity index (χ0) is 13.9. The number of nitrogens with zero attached hydrogens (tertiary/aromatic N) is 2. The third-order valence-corrected chi connectivity index (χ3v) is 4.36. The molecule has 98 valence electrons. The van der Waals surface area contributed by atoms with Crippen molar-refractivity contribution in [2.24, 2.45) is 7.05 Å². The first-order chi connectivity index (χ1) is 8.91. The minimum atomic E-state index is 1.10. The molecule has 0 amide bonds. The molecule has 2 heteroatoms. The van der Waals surface area contributed by atoms with Crippen molar-refractivity contribution in [2.45, 2.75) is 34.6 Å². The van der Waals surface area contributed by atoms with Crippen LogP contribution >= 0.6 is 0 Å². The molecule has 0 atom stereocenters. The molecule has 0 spiro atoms. The van der Waals surface area contributed by atoms with Gasteiger partial charge in [-0.2, -0.15) is 0 Å². The van der Waals surface area contributed by atoms with Gasteiger partial charge in [-0.05, 0) is 63.4 Å². The van der Waals surface area contributed by atoms with Crippen molar-refractivity contribution < 1.29 is 0 Å². The maximum Gasteiger partial charge on any atom is 0.0744 e. The van der Waals surface area contributed by atoms with Crippen LogP contribution in [0.3, 0.4) is 0 Å². The van der Waals surface area contributed by atoms with Crippen LogP contribution in [0.15, 0.2) is 12.1 Å². The maximum absolute atomic E-state index is 4.76. The molecule has 0 saturated heterocycles. The van der Waals surface area contributed by atoms with Gasteiger partial charge in [-0.15, -0.1) is 0 Å². The Morgan fingerprint density at radius 1 is 0.895 bits per heavy atom. The fourth-order valence-corrected chi connectivity index (χ4v) is 3.17. The van der Waals surface area contributed by atoms with Crippen molar-refractivity contribution in [1.82, 2.24) is 9.55 Å². The van der Waals surface area contributed by atoms with E-state index in [4.69, 9.17) is 4.98 Å². The third kappa shape index (κ3) is 1.52. The van der Waals surface area contributed by atoms with Gasteiger partial charge in [0.05, 0.1) is 5.52 Å². The second-order valence-corrected chi connectivity index (χ2v) is 5.66. The van der Waals surface area contributed by atoms with Crippen molar-refractivity contribution >= 4 is 21.8 Å². The highest BCUT2D eigenvalue weighted by molar-refractivity contribution is 6.10. The predicted octanol–water partition coefficient (Wildman–Crippen LogP) is 4.27. The summed E-state index contributed by atoms with van der Waals surface area (Å²) in [5.74, 6) is 0. The minimum absolute atomic E-state index is 1.10. The quantitative estimate of drug-likeness (QED) is 0.584. The van der Waals surface area contributed by atoms with Gasteiger partial charge >= 0.3 is 0 Å². The van der Waals surface area contributed by atoms with Crippen LogP contribution in [-0.2, 0) is 7.05 Å². The normalized spacial score (nSPS) is 11.7. The van der Waals surface area contributed by atoms with Gasteiger partial charge in [0.25, 0.3) is 0 Å². The molecule has 0 N–H and O–H groups in total. The Morgan fingerprint density at radius 3 is 2.26 bits per heavy atom.